The highest BCUT2D eigenvalue weighted by atomic mass is 16.4. The zero-order valence-corrected chi connectivity index (χ0v) is 9.66. The lowest BCUT2D eigenvalue weighted by Crippen LogP contribution is -2.22. The molecular weight excluding hydrogens is 206 g/mol. The Morgan fingerprint density at radius 2 is 2.38 bits per heavy atom. The minimum atomic E-state index is 0.0182. The fourth-order valence-corrected chi connectivity index (χ4v) is 1.29. The SMILES string of the molecule is CCc1cnc(CNC(=O)CCCCN)o1. The van der Waals surface area contributed by atoms with Gasteiger partial charge in [0.2, 0.25) is 11.8 Å². The van der Waals surface area contributed by atoms with E-state index in [1.165, 1.54) is 0 Å². The van der Waals surface area contributed by atoms with Crippen molar-refractivity contribution in [1.82, 2.24) is 10.3 Å². The summed E-state index contributed by atoms with van der Waals surface area (Å²) in [5, 5.41) is 2.76. The largest absolute Gasteiger partial charge is 0.444 e. The van der Waals surface area contributed by atoms with Crippen molar-refractivity contribution in [1.29, 1.82) is 0 Å². The first kappa shape index (κ1) is 12.7. The lowest BCUT2D eigenvalue weighted by molar-refractivity contribution is -0.121. The third-order valence-corrected chi connectivity index (χ3v) is 2.24. The Morgan fingerprint density at radius 1 is 1.56 bits per heavy atom. The Kier molecular flexibility index (Phi) is 5.56. The van der Waals surface area contributed by atoms with Gasteiger partial charge in [-0.1, -0.05) is 6.92 Å². The third kappa shape index (κ3) is 4.44. The van der Waals surface area contributed by atoms with Gasteiger partial charge in [-0.05, 0) is 19.4 Å². The van der Waals surface area contributed by atoms with Gasteiger partial charge >= 0.3 is 0 Å². The molecule has 5 nitrogen and oxygen atoms in total. The molecule has 0 aromatic carbocycles. The predicted octanol–water partition coefficient (Wildman–Crippen LogP) is 0.982. The molecule has 1 aromatic heterocycles. The van der Waals surface area contributed by atoms with Gasteiger partial charge in [-0.15, -0.1) is 0 Å². The first-order chi connectivity index (χ1) is 7.76. The van der Waals surface area contributed by atoms with E-state index in [9.17, 15) is 4.79 Å². The van der Waals surface area contributed by atoms with Crippen LogP contribution in [0, 0.1) is 0 Å². The van der Waals surface area contributed by atoms with Crippen LogP contribution >= 0.6 is 0 Å². The van der Waals surface area contributed by atoms with Crippen LogP contribution in [0.15, 0.2) is 10.6 Å². The molecule has 1 aromatic rings. The second-order valence-electron chi connectivity index (χ2n) is 3.60. The number of aromatic nitrogens is 1. The van der Waals surface area contributed by atoms with Crippen LogP contribution in [-0.2, 0) is 17.8 Å². The Labute approximate surface area is 95.4 Å². The average molecular weight is 225 g/mol. The van der Waals surface area contributed by atoms with Crippen molar-refractivity contribution < 1.29 is 9.21 Å². The van der Waals surface area contributed by atoms with Crippen molar-refractivity contribution in [3.8, 4) is 0 Å². The van der Waals surface area contributed by atoms with Crippen molar-refractivity contribution >= 4 is 5.91 Å². The Bertz CT molecular complexity index is 323. The van der Waals surface area contributed by atoms with Crippen molar-refractivity contribution in [2.24, 2.45) is 5.73 Å². The minimum Gasteiger partial charge on any atom is -0.444 e. The summed E-state index contributed by atoms with van der Waals surface area (Å²) in [6.07, 6.45) is 4.73. The Balaban J connectivity index is 2.20. The Morgan fingerprint density at radius 3 is 3.00 bits per heavy atom. The topological polar surface area (TPSA) is 81.2 Å². The molecule has 1 heterocycles. The molecule has 0 fully saturated rings. The van der Waals surface area contributed by atoms with E-state index in [0.717, 1.165) is 25.0 Å². The summed E-state index contributed by atoms with van der Waals surface area (Å²) in [5.74, 6) is 1.42. The molecule has 1 amide bonds. The molecule has 0 saturated carbocycles. The van der Waals surface area contributed by atoms with E-state index in [-0.39, 0.29) is 5.91 Å². The van der Waals surface area contributed by atoms with Gasteiger partial charge in [-0.2, -0.15) is 0 Å². The van der Waals surface area contributed by atoms with Gasteiger partial charge in [0.25, 0.3) is 0 Å². The molecule has 0 unspecified atom stereocenters. The zero-order valence-electron chi connectivity index (χ0n) is 9.66. The molecule has 0 radical (unpaired) electrons. The molecule has 16 heavy (non-hydrogen) atoms. The van der Waals surface area contributed by atoms with Crippen LogP contribution in [0.5, 0.6) is 0 Å². The maximum atomic E-state index is 11.3. The molecule has 3 N–H and O–H groups in total. The number of nitrogens with two attached hydrogens (primary N) is 1. The van der Waals surface area contributed by atoms with Crippen LogP contribution < -0.4 is 11.1 Å². The third-order valence-electron chi connectivity index (χ3n) is 2.24. The summed E-state index contributed by atoms with van der Waals surface area (Å²) in [7, 11) is 0. The molecule has 0 bridgehead atoms. The summed E-state index contributed by atoms with van der Waals surface area (Å²) in [6, 6.07) is 0. The molecule has 0 atom stereocenters. The lowest BCUT2D eigenvalue weighted by Gasteiger charge is -2.01. The maximum absolute atomic E-state index is 11.3. The standard InChI is InChI=1S/C11H19N3O2/c1-2-9-7-14-11(16-9)8-13-10(15)5-3-4-6-12/h7H,2-6,8,12H2,1H3,(H,13,15). The van der Waals surface area contributed by atoms with E-state index < -0.39 is 0 Å². The molecule has 90 valence electrons. The molecule has 0 aliphatic carbocycles. The molecule has 0 saturated heterocycles. The molecule has 0 spiro atoms. The van der Waals surface area contributed by atoms with Crippen molar-refractivity contribution in [2.45, 2.75) is 39.2 Å². The van der Waals surface area contributed by atoms with E-state index in [0.29, 0.717) is 25.4 Å². The van der Waals surface area contributed by atoms with Crippen LogP contribution in [0.2, 0.25) is 0 Å². The lowest BCUT2D eigenvalue weighted by atomic mass is 10.2. The van der Waals surface area contributed by atoms with Gasteiger partial charge in [0, 0.05) is 12.8 Å². The number of unbranched alkanes of at least 4 members (excludes halogenated alkanes) is 1. The molecular formula is C11H19N3O2. The highest BCUT2D eigenvalue weighted by Gasteiger charge is 2.05. The van der Waals surface area contributed by atoms with Gasteiger partial charge in [-0.3, -0.25) is 4.79 Å². The van der Waals surface area contributed by atoms with Crippen LogP contribution in [0.25, 0.3) is 0 Å². The van der Waals surface area contributed by atoms with E-state index in [1.54, 1.807) is 6.20 Å². The normalized spacial score (nSPS) is 10.4. The number of nitrogens with zero attached hydrogens (tertiary/aromatic N) is 1. The van der Waals surface area contributed by atoms with Crippen LogP contribution in [0.4, 0.5) is 0 Å². The van der Waals surface area contributed by atoms with Gasteiger partial charge in [0.1, 0.15) is 5.76 Å². The molecule has 5 heteroatoms. The van der Waals surface area contributed by atoms with Gasteiger partial charge in [0.05, 0.1) is 12.7 Å². The van der Waals surface area contributed by atoms with E-state index in [2.05, 4.69) is 10.3 Å². The highest BCUT2D eigenvalue weighted by Crippen LogP contribution is 2.03. The fraction of sp³-hybridized carbons (Fsp3) is 0.636. The first-order valence-electron chi connectivity index (χ1n) is 5.66. The maximum Gasteiger partial charge on any atom is 0.220 e. The van der Waals surface area contributed by atoms with E-state index in [4.69, 9.17) is 10.2 Å². The monoisotopic (exact) mass is 225 g/mol. The number of rotatable bonds is 7. The predicted molar refractivity (Wildman–Crippen MR) is 60.6 cm³/mol. The summed E-state index contributed by atoms with van der Waals surface area (Å²) >= 11 is 0. The van der Waals surface area contributed by atoms with Crippen molar-refractivity contribution in [3.05, 3.63) is 17.8 Å². The van der Waals surface area contributed by atoms with Gasteiger partial charge in [0.15, 0.2) is 0 Å². The number of nitrogens with one attached hydrogen (secondary N) is 1. The summed E-state index contributed by atoms with van der Waals surface area (Å²) in [4.78, 5) is 15.4. The van der Waals surface area contributed by atoms with Gasteiger partial charge in [-0.25, -0.2) is 4.98 Å². The number of aryl methyl sites for hydroxylation is 1. The molecule has 1 rings (SSSR count). The summed E-state index contributed by atoms with van der Waals surface area (Å²) in [5.41, 5.74) is 5.34. The van der Waals surface area contributed by atoms with Gasteiger partial charge < -0.3 is 15.5 Å². The smallest absolute Gasteiger partial charge is 0.220 e. The summed E-state index contributed by atoms with van der Waals surface area (Å²) < 4.78 is 5.36. The number of hydrogen-bond donors (Lipinski definition) is 2. The number of amides is 1. The number of carbonyl (C=O) groups excluding carboxylic acids is 1. The fourth-order valence-electron chi connectivity index (χ4n) is 1.29. The first-order valence-corrected chi connectivity index (χ1v) is 5.66. The number of carbonyl (C=O) groups is 1. The summed E-state index contributed by atoms with van der Waals surface area (Å²) in [6.45, 7) is 2.99. The second kappa shape index (κ2) is 7.00. The quantitative estimate of drug-likeness (QED) is 0.678. The second-order valence-corrected chi connectivity index (χ2v) is 3.60. The van der Waals surface area contributed by atoms with E-state index >= 15 is 0 Å². The van der Waals surface area contributed by atoms with Crippen LogP contribution in [0.3, 0.4) is 0 Å². The van der Waals surface area contributed by atoms with Crippen molar-refractivity contribution in [2.75, 3.05) is 6.54 Å². The van der Waals surface area contributed by atoms with E-state index in [1.807, 2.05) is 6.92 Å². The van der Waals surface area contributed by atoms with Crippen LogP contribution in [-0.4, -0.2) is 17.4 Å². The number of oxazole rings is 1. The number of hydrogen-bond acceptors (Lipinski definition) is 4. The average Bonchev–Trinajstić information content (AvgIpc) is 2.74. The Hall–Kier alpha value is -1.36. The minimum absolute atomic E-state index is 0.0182. The highest BCUT2D eigenvalue weighted by molar-refractivity contribution is 5.75. The molecule has 0 aliphatic rings. The van der Waals surface area contributed by atoms with Crippen molar-refractivity contribution in [3.63, 3.8) is 0 Å². The molecule has 0 aliphatic heterocycles. The zero-order chi connectivity index (χ0) is 11.8. The van der Waals surface area contributed by atoms with Crippen LogP contribution in [0.1, 0.15) is 37.8 Å².